The van der Waals surface area contributed by atoms with E-state index in [-0.39, 0.29) is 5.78 Å². The molecule has 0 aliphatic rings. The Morgan fingerprint density at radius 1 is 1.18 bits per heavy atom. The zero-order valence-corrected chi connectivity index (χ0v) is 11.7. The summed E-state index contributed by atoms with van der Waals surface area (Å²) in [4.78, 5) is 15.5. The Morgan fingerprint density at radius 3 is 2.41 bits per heavy atom. The van der Waals surface area contributed by atoms with Gasteiger partial charge in [0.2, 0.25) is 5.78 Å². The summed E-state index contributed by atoms with van der Waals surface area (Å²) in [6.07, 6.45) is 0. The number of ketones is 1. The van der Waals surface area contributed by atoms with Crippen molar-refractivity contribution < 1.29 is 4.79 Å². The molecule has 88 valence electrons. The number of aryl methyl sites for hydroxylation is 1. The molecule has 0 saturated carbocycles. The van der Waals surface area contributed by atoms with Crippen molar-refractivity contribution in [2.45, 2.75) is 20.8 Å². The molecule has 0 aliphatic carbocycles. The molecular weight excluding hydrogens is 278 g/mol. The summed E-state index contributed by atoms with van der Waals surface area (Å²) in [6.45, 7) is 5.99. The highest BCUT2D eigenvalue weighted by atomic mass is 79.9. The minimum absolute atomic E-state index is 0.0417. The molecular formula is C14H14BrNO. The Labute approximate surface area is 109 Å². The predicted octanol–water partition coefficient (Wildman–Crippen LogP) is 3.93. The maximum Gasteiger partial charge on any atom is 0.209 e. The Kier molecular flexibility index (Phi) is 3.20. The van der Waals surface area contributed by atoms with Gasteiger partial charge in [-0.15, -0.1) is 0 Å². The molecule has 1 heterocycles. The van der Waals surface area contributed by atoms with Crippen LogP contribution in [-0.4, -0.2) is 10.8 Å². The fourth-order valence-electron chi connectivity index (χ4n) is 1.84. The van der Waals surface area contributed by atoms with Gasteiger partial charge in [0.05, 0.1) is 5.69 Å². The first-order valence-corrected chi connectivity index (χ1v) is 6.26. The third-order valence-corrected chi connectivity index (χ3v) is 3.62. The van der Waals surface area contributed by atoms with Gasteiger partial charge in [-0.1, -0.05) is 28.1 Å². The molecule has 0 bridgehead atoms. The third kappa shape index (κ3) is 2.20. The first-order valence-electron chi connectivity index (χ1n) is 5.46. The number of aromatic amines is 1. The zero-order chi connectivity index (χ0) is 12.6. The van der Waals surface area contributed by atoms with E-state index in [9.17, 15) is 4.79 Å². The lowest BCUT2D eigenvalue weighted by atomic mass is 10.0. The van der Waals surface area contributed by atoms with Gasteiger partial charge >= 0.3 is 0 Å². The summed E-state index contributed by atoms with van der Waals surface area (Å²) in [5.41, 5.74) is 4.64. The number of carbonyl (C=O) groups excluding carboxylic acids is 1. The highest BCUT2D eigenvalue weighted by Gasteiger charge is 2.16. The van der Waals surface area contributed by atoms with Gasteiger partial charge in [-0.2, -0.15) is 0 Å². The summed E-state index contributed by atoms with van der Waals surface area (Å²) < 4.78 is 0.918. The summed E-state index contributed by atoms with van der Waals surface area (Å²) in [5, 5.41) is 0. The van der Waals surface area contributed by atoms with E-state index in [1.807, 2.05) is 45.0 Å². The second-order valence-corrected chi connectivity index (χ2v) is 5.13. The summed E-state index contributed by atoms with van der Waals surface area (Å²) in [7, 11) is 0. The van der Waals surface area contributed by atoms with Crippen molar-refractivity contribution in [1.82, 2.24) is 4.98 Å². The quantitative estimate of drug-likeness (QED) is 0.836. The SMILES string of the molecule is Cc1[nH]c(C(=O)c2cccc(Br)c2)c(C)c1C. The highest BCUT2D eigenvalue weighted by molar-refractivity contribution is 9.10. The van der Waals surface area contributed by atoms with Crippen LogP contribution in [0.4, 0.5) is 0 Å². The van der Waals surface area contributed by atoms with Crippen LogP contribution < -0.4 is 0 Å². The van der Waals surface area contributed by atoms with Gasteiger partial charge in [0.15, 0.2) is 0 Å². The Balaban J connectivity index is 2.47. The van der Waals surface area contributed by atoms with E-state index in [1.54, 1.807) is 0 Å². The van der Waals surface area contributed by atoms with Crippen LogP contribution in [-0.2, 0) is 0 Å². The van der Waals surface area contributed by atoms with Crippen molar-refractivity contribution >= 4 is 21.7 Å². The van der Waals surface area contributed by atoms with Crippen molar-refractivity contribution in [3.05, 3.63) is 56.8 Å². The number of halogens is 1. The number of carbonyl (C=O) groups is 1. The Morgan fingerprint density at radius 2 is 1.88 bits per heavy atom. The number of hydrogen-bond donors (Lipinski definition) is 1. The van der Waals surface area contributed by atoms with Crippen molar-refractivity contribution in [3.63, 3.8) is 0 Å². The summed E-state index contributed by atoms with van der Waals surface area (Å²) >= 11 is 3.38. The van der Waals surface area contributed by atoms with Crippen LogP contribution in [0, 0.1) is 20.8 Å². The minimum Gasteiger partial charge on any atom is -0.356 e. The molecule has 0 saturated heterocycles. The van der Waals surface area contributed by atoms with E-state index >= 15 is 0 Å². The van der Waals surface area contributed by atoms with Gasteiger partial charge in [-0.25, -0.2) is 0 Å². The molecule has 2 nitrogen and oxygen atoms in total. The maximum absolute atomic E-state index is 12.3. The fourth-order valence-corrected chi connectivity index (χ4v) is 2.24. The molecule has 1 N–H and O–H groups in total. The van der Waals surface area contributed by atoms with E-state index in [4.69, 9.17) is 0 Å². The average Bonchev–Trinajstić information content (AvgIpc) is 2.56. The van der Waals surface area contributed by atoms with E-state index in [0.717, 1.165) is 21.3 Å². The van der Waals surface area contributed by atoms with Crippen LogP contribution in [0.3, 0.4) is 0 Å². The molecule has 1 aromatic heterocycles. The van der Waals surface area contributed by atoms with E-state index in [0.29, 0.717) is 11.3 Å². The number of nitrogens with one attached hydrogen (secondary N) is 1. The van der Waals surface area contributed by atoms with Crippen LogP contribution >= 0.6 is 15.9 Å². The van der Waals surface area contributed by atoms with Gasteiger partial charge in [-0.3, -0.25) is 4.79 Å². The van der Waals surface area contributed by atoms with Gasteiger partial charge in [-0.05, 0) is 44.0 Å². The predicted molar refractivity (Wildman–Crippen MR) is 72.6 cm³/mol. The summed E-state index contributed by atoms with van der Waals surface area (Å²) in [6, 6.07) is 7.45. The second-order valence-electron chi connectivity index (χ2n) is 4.21. The first kappa shape index (κ1) is 12.1. The largest absolute Gasteiger partial charge is 0.356 e. The standard InChI is InChI=1S/C14H14BrNO/c1-8-9(2)13(16-10(8)3)14(17)11-5-4-6-12(15)7-11/h4-7,16H,1-3H3. The van der Waals surface area contributed by atoms with Gasteiger partial charge in [0, 0.05) is 15.7 Å². The highest BCUT2D eigenvalue weighted by Crippen LogP contribution is 2.21. The fraction of sp³-hybridized carbons (Fsp3) is 0.214. The molecule has 0 spiro atoms. The van der Waals surface area contributed by atoms with E-state index < -0.39 is 0 Å². The molecule has 0 atom stereocenters. The minimum atomic E-state index is 0.0417. The van der Waals surface area contributed by atoms with E-state index in [1.165, 1.54) is 0 Å². The van der Waals surface area contributed by atoms with Gasteiger partial charge < -0.3 is 4.98 Å². The second kappa shape index (κ2) is 4.49. The van der Waals surface area contributed by atoms with Crippen molar-refractivity contribution in [2.75, 3.05) is 0 Å². The molecule has 0 aliphatic heterocycles. The lowest BCUT2D eigenvalue weighted by molar-refractivity contribution is 0.103. The normalized spacial score (nSPS) is 10.6. The summed E-state index contributed by atoms with van der Waals surface area (Å²) in [5.74, 6) is 0.0417. The molecule has 0 unspecified atom stereocenters. The molecule has 2 rings (SSSR count). The van der Waals surface area contributed by atoms with Crippen LogP contribution in [0.5, 0.6) is 0 Å². The van der Waals surface area contributed by atoms with Crippen LogP contribution in [0.2, 0.25) is 0 Å². The smallest absolute Gasteiger partial charge is 0.209 e. The number of H-pyrrole nitrogens is 1. The number of aromatic nitrogens is 1. The monoisotopic (exact) mass is 291 g/mol. The van der Waals surface area contributed by atoms with Crippen molar-refractivity contribution in [3.8, 4) is 0 Å². The van der Waals surface area contributed by atoms with Gasteiger partial charge in [0.25, 0.3) is 0 Å². The van der Waals surface area contributed by atoms with Crippen LogP contribution in [0.25, 0.3) is 0 Å². The topological polar surface area (TPSA) is 32.9 Å². The maximum atomic E-state index is 12.3. The van der Waals surface area contributed by atoms with Crippen LogP contribution in [0.1, 0.15) is 32.9 Å². The van der Waals surface area contributed by atoms with Gasteiger partial charge in [0.1, 0.15) is 0 Å². The molecule has 2 aromatic rings. The first-order chi connectivity index (χ1) is 8.00. The number of rotatable bonds is 2. The van der Waals surface area contributed by atoms with Crippen molar-refractivity contribution in [1.29, 1.82) is 0 Å². The Bertz CT molecular complexity index is 584. The number of benzene rings is 1. The third-order valence-electron chi connectivity index (χ3n) is 3.13. The lowest BCUT2D eigenvalue weighted by Gasteiger charge is -2.01. The average molecular weight is 292 g/mol. The lowest BCUT2D eigenvalue weighted by Crippen LogP contribution is -2.03. The molecule has 0 amide bonds. The van der Waals surface area contributed by atoms with Crippen LogP contribution in [0.15, 0.2) is 28.7 Å². The number of hydrogen-bond acceptors (Lipinski definition) is 1. The Hall–Kier alpha value is -1.35. The molecule has 0 radical (unpaired) electrons. The molecule has 0 fully saturated rings. The molecule has 1 aromatic carbocycles. The zero-order valence-electron chi connectivity index (χ0n) is 10.1. The molecule has 3 heteroatoms. The van der Waals surface area contributed by atoms with Crippen molar-refractivity contribution in [2.24, 2.45) is 0 Å². The van der Waals surface area contributed by atoms with E-state index in [2.05, 4.69) is 20.9 Å². The molecule has 17 heavy (non-hydrogen) atoms.